The zero-order valence-electron chi connectivity index (χ0n) is 13.8. The zero-order chi connectivity index (χ0) is 16.4. The van der Waals surface area contributed by atoms with Crippen molar-refractivity contribution in [3.63, 3.8) is 0 Å². The van der Waals surface area contributed by atoms with Gasteiger partial charge in [0.15, 0.2) is 5.78 Å². The summed E-state index contributed by atoms with van der Waals surface area (Å²) in [6.45, 7) is 4.31. The lowest BCUT2D eigenvalue weighted by molar-refractivity contribution is 0.104. The highest BCUT2D eigenvalue weighted by molar-refractivity contribution is 6.08. The maximum atomic E-state index is 12.5. The lowest BCUT2D eigenvalue weighted by atomic mass is 9.85. The van der Waals surface area contributed by atoms with Crippen LogP contribution in [0.4, 0.5) is 5.69 Å². The van der Waals surface area contributed by atoms with E-state index in [1.807, 2.05) is 43.4 Å². The quantitative estimate of drug-likeness (QED) is 0.668. The van der Waals surface area contributed by atoms with Crippen LogP contribution in [0.25, 0.3) is 5.70 Å². The fourth-order valence-corrected chi connectivity index (χ4v) is 3.04. The van der Waals surface area contributed by atoms with E-state index in [0.29, 0.717) is 5.56 Å². The third kappa shape index (κ3) is 3.29. The largest absolute Gasteiger partial charge is 0.388 e. The van der Waals surface area contributed by atoms with Crippen molar-refractivity contribution in [2.45, 2.75) is 25.8 Å². The van der Waals surface area contributed by atoms with Gasteiger partial charge in [-0.1, -0.05) is 36.4 Å². The summed E-state index contributed by atoms with van der Waals surface area (Å²) in [6, 6.07) is 15.7. The normalized spacial score (nSPS) is 17.3. The fourth-order valence-electron chi connectivity index (χ4n) is 3.04. The van der Waals surface area contributed by atoms with Crippen molar-refractivity contribution in [3.05, 3.63) is 71.3 Å². The maximum Gasteiger partial charge on any atom is 0.187 e. The van der Waals surface area contributed by atoms with Crippen LogP contribution in [0, 0.1) is 0 Å². The van der Waals surface area contributed by atoms with Crippen molar-refractivity contribution < 1.29 is 4.79 Å². The van der Waals surface area contributed by atoms with Crippen molar-refractivity contribution in [2.24, 2.45) is 0 Å². The number of fused-ring (bicyclic) bond motifs is 1. The Labute approximate surface area is 137 Å². The lowest BCUT2D eigenvalue weighted by Gasteiger charge is -2.35. The van der Waals surface area contributed by atoms with Crippen molar-refractivity contribution in [3.8, 4) is 0 Å². The third-order valence-corrected chi connectivity index (χ3v) is 4.12. The molecule has 0 fully saturated rings. The summed E-state index contributed by atoms with van der Waals surface area (Å²) < 4.78 is 0. The molecule has 0 amide bonds. The van der Waals surface area contributed by atoms with Crippen LogP contribution in [0.5, 0.6) is 0 Å². The molecule has 0 bridgehead atoms. The number of nitrogens with one attached hydrogen (secondary N) is 2. The molecule has 0 radical (unpaired) electrons. The number of hydrogen-bond donors (Lipinski definition) is 2. The minimum atomic E-state index is -0.0812. The minimum Gasteiger partial charge on any atom is -0.388 e. The van der Waals surface area contributed by atoms with Crippen molar-refractivity contribution in [2.75, 3.05) is 12.4 Å². The zero-order valence-corrected chi connectivity index (χ0v) is 13.8. The van der Waals surface area contributed by atoms with E-state index < -0.39 is 0 Å². The van der Waals surface area contributed by atoms with E-state index in [-0.39, 0.29) is 11.3 Å². The van der Waals surface area contributed by atoms with E-state index in [1.165, 1.54) is 5.56 Å². The van der Waals surface area contributed by atoms with Gasteiger partial charge < -0.3 is 10.6 Å². The first-order valence-corrected chi connectivity index (χ1v) is 7.89. The molecule has 118 valence electrons. The highest BCUT2D eigenvalue weighted by Gasteiger charge is 2.28. The second kappa shape index (κ2) is 5.92. The SMILES string of the molecule is CNc1ccc2c(c1)CC(C)(C)N/C2=C\C(=O)c1ccccc1. The van der Waals surface area contributed by atoms with Gasteiger partial charge in [0, 0.05) is 41.2 Å². The Balaban J connectivity index is 2.03. The van der Waals surface area contributed by atoms with Crippen LogP contribution in [0.2, 0.25) is 0 Å². The first kappa shape index (κ1) is 15.3. The van der Waals surface area contributed by atoms with Crippen LogP contribution in [0.1, 0.15) is 35.3 Å². The second-order valence-electron chi connectivity index (χ2n) is 6.60. The monoisotopic (exact) mass is 306 g/mol. The number of anilines is 1. The number of carbonyl (C=O) groups is 1. The highest BCUT2D eigenvalue weighted by Crippen LogP contribution is 2.31. The van der Waals surface area contributed by atoms with Crippen molar-refractivity contribution >= 4 is 17.2 Å². The summed E-state index contributed by atoms with van der Waals surface area (Å²) in [7, 11) is 1.92. The third-order valence-electron chi connectivity index (χ3n) is 4.12. The second-order valence-corrected chi connectivity index (χ2v) is 6.60. The summed E-state index contributed by atoms with van der Waals surface area (Å²) in [5.74, 6) is 0.0226. The van der Waals surface area contributed by atoms with Gasteiger partial charge in [-0.15, -0.1) is 0 Å². The maximum absolute atomic E-state index is 12.5. The van der Waals surface area contributed by atoms with Gasteiger partial charge in [0.25, 0.3) is 0 Å². The first-order valence-electron chi connectivity index (χ1n) is 7.89. The summed E-state index contributed by atoms with van der Waals surface area (Å²) >= 11 is 0. The van der Waals surface area contributed by atoms with Crippen LogP contribution < -0.4 is 10.6 Å². The molecule has 0 saturated carbocycles. The van der Waals surface area contributed by atoms with Gasteiger partial charge in [-0.2, -0.15) is 0 Å². The van der Waals surface area contributed by atoms with Crippen LogP contribution in [-0.2, 0) is 6.42 Å². The molecule has 0 atom stereocenters. The molecule has 0 aliphatic carbocycles. The molecule has 0 aromatic heterocycles. The molecule has 0 saturated heterocycles. The predicted molar refractivity (Wildman–Crippen MR) is 95.7 cm³/mol. The molecule has 0 spiro atoms. The number of carbonyl (C=O) groups excluding carboxylic acids is 1. The Morgan fingerprint density at radius 1 is 1.17 bits per heavy atom. The van der Waals surface area contributed by atoms with E-state index in [4.69, 9.17) is 0 Å². The lowest BCUT2D eigenvalue weighted by Crippen LogP contribution is -2.43. The average molecular weight is 306 g/mol. The van der Waals surface area contributed by atoms with Crippen molar-refractivity contribution in [1.82, 2.24) is 5.32 Å². The summed E-state index contributed by atoms with van der Waals surface area (Å²) in [5.41, 5.74) is 4.98. The Morgan fingerprint density at radius 2 is 1.91 bits per heavy atom. The van der Waals surface area contributed by atoms with Gasteiger partial charge in [-0.3, -0.25) is 4.79 Å². The molecule has 2 N–H and O–H groups in total. The van der Waals surface area contributed by atoms with Gasteiger partial charge in [-0.25, -0.2) is 0 Å². The van der Waals surface area contributed by atoms with Gasteiger partial charge >= 0.3 is 0 Å². The Morgan fingerprint density at radius 3 is 2.61 bits per heavy atom. The molecule has 1 aliphatic heterocycles. The smallest absolute Gasteiger partial charge is 0.187 e. The number of allylic oxidation sites excluding steroid dienone is 1. The van der Waals surface area contributed by atoms with Crippen molar-refractivity contribution in [1.29, 1.82) is 0 Å². The summed E-state index contributed by atoms with van der Waals surface area (Å²) in [5, 5.41) is 6.69. The minimum absolute atomic E-state index is 0.0226. The molecule has 23 heavy (non-hydrogen) atoms. The average Bonchev–Trinajstić information content (AvgIpc) is 2.54. The molecule has 1 heterocycles. The van der Waals surface area contributed by atoms with E-state index in [0.717, 1.165) is 23.4 Å². The first-order chi connectivity index (χ1) is 11.0. The standard InChI is InChI=1S/C20H22N2O/c1-20(2)13-15-11-16(21-3)9-10-17(15)18(22-20)12-19(23)14-7-5-4-6-8-14/h4-12,21-22H,13H2,1-3H3/b18-12-. The van der Waals surface area contributed by atoms with Crippen LogP contribution in [0.15, 0.2) is 54.6 Å². The van der Waals surface area contributed by atoms with E-state index in [9.17, 15) is 4.79 Å². The van der Waals surface area contributed by atoms with Gasteiger partial charge in [0.2, 0.25) is 0 Å². The molecule has 3 nitrogen and oxygen atoms in total. The topological polar surface area (TPSA) is 41.1 Å². The molecule has 3 rings (SSSR count). The molecule has 2 aromatic rings. The molecule has 0 unspecified atom stereocenters. The summed E-state index contributed by atoms with van der Waals surface area (Å²) in [6.07, 6.45) is 2.64. The molecule has 2 aromatic carbocycles. The molecule has 1 aliphatic rings. The van der Waals surface area contributed by atoms with Gasteiger partial charge in [0.05, 0.1) is 0 Å². The Bertz CT molecular complexity index is 760. The molecule has 3 heteroatoms. The fraction of sp³-hybridized carbons (Fsp3) is 0.250. The Hall–Kier alpha value is -2.55. The molecular formula is C20H22N2O. The number of benzene rings is 2. The number of rotatable bonds is 3. The summed E-state index contributed by atoms with van der Waals surface area (Å²) in [4.78, 5) is 12.5. The Kier molecular flexibility index (Phi) is 3.95. The highest BCUT2D eigenvalue weighted by atomic mass is 16.1. The van der Waals surface area contributed by atoms with Crippen LogP contribution in [-0.4, -0.2) is 18.4 Å². The van der Waals surface area contributed by atoms with Crippen LogP contribution in [0.3, 0.4) is 0 Å². The predicted octanol–water partition coefficient (Wildman–Crippen LogP) is 3.88. The van der Waals surface area contributed by atoms with E-state index in [2.05, 4.69) is 36.6 Å². The van der Waals surface area contributed by atoms with E-state index in [1.54, 1.807) is 6.08 Å². The number of hydrogen-bond acceptors (Lipinski definition) is 3. The number of ketones is 1. The van der Waals surface area contributed by atoms with Gasteiger partial charge in [-0.05, 0) is 38.0 Å². The van der Waals surface area contributed by atoms with E-state index >= 15 is 0 Å². The molecular weight excluding hydrogens is 284 g/mol. The van der Waals surface area contributed by atoms with Gasteiger partial charge in [0.1, 0.15) is 0 Å². The van der Waals surface area contributed by atoms with Crippen LogP contribution >= 0.6 is 0 Å².